The van der Waals surface area contributed by atoms with Crippen molar-refractivity contribution in [3.63, 3.8) is 0 Å². The Labute approximate surface area is 122 Å². The smallest absolute Gasteiger partial charge is 0.238 e. The molecular weight excluding hydrogens is 276 g/mol. The Kier molecular flexibility index (Phi) is 4.17. The van der Waals surface area contributed by atoms with Crippen molar-refractivity contribution in [1.82, 2.24) is 10.2 Å². The van der Waals surface area contributed by atoms with Gasteiger partial charge in [-0.1, -0.05) is 0 Å². The number of carbonyl (C=O) groups is 1. The number of likely N-dealkylation sites (tertiary alicyclic amines) is 1. The van der Waals surface area contributed by atoms with E-state index in [4.69, 9.17) is 0 Å². The van der Waals surface area contributed by atoms with E-state index in [1.165, 1.54) is 0 Å². The molecule has 2 fully saturated rings. The second kappa shape index (κ2) is 6.07. The summed E-state index contributed by atoms with van der Waals surface area (Å²) in [5.41, 5.74) is -0.0996. The fourth-order valence-corrected chi connectivity index (χ4v) is 3.25. The van der Waals surface area contributed by atoms with Crippen LogP contribution in [0.5, 0.6) is 0 Å². The number of fused-ring (bicyclic) bond motifs is 1. The van der Waals surface area contributed by atoms with Crippen LogP contribution in [0.3, 0.4) is 0 Å². The quantitative estimate of drug-likeness (QED) is 0.890. The van der Waals surface area contributed by atoms with Crippen LogP contribution in [0, 0.1) is 17.6 Å². The van der Waals surface area contributed by atoms with E-state index < -0.39 is 11.6 Å². The lowest BCUT2D eigenvalue weighted by molar-refractivity contribution is -0.117. The van der Waals surface area contributed by atoms with Crippen molar-refractivity contribution < 1.29 is 13.6 Å². The molecule has 6 heteroatoms. The second-order valence-corrected chi connectivity index (χ2v) is 5.81. The van der Waals surface area contributed by atoms with E-state index in [0.717, 1.165) is 50.7 Å². The van der Waals surface area contributed by atoms with Crippen LogP contribution >= 0.6 is 0 Å². The zero-order chi connectivity index (χ0) is 14.8. The van der Waals surface area contributed by atoms with Crippen LogP contribution < -0.4 is 10.6 Å². The Morgan fingerprint density at radius 2 is 2.24 bits per heavy atom. The van der Waals surface area contributed by atoms with Crippen LogP contribution in [0.25, 0.3) is 0 Å². The van der Waals surface area contributed by atoms with Gasteiger partial charge in [0.2, 0.25) is 5.91 Å². The minimum atomic E-state index is -0.622. The van der Waals surface area contributed by atoms with Crippen molar-refractivity contribution in [2.45, 2.75) is 18.9 Å². The van der Waals surface area contributed by atoms with Gasteiger partial charge in [-0.25, -0.2) is 8.78 Å². The molecule has 2 aliphatic heterocycles. The molecule has 0 bridgehead atoms. The predicted molar refractivity (Wildman–Crippen MR) is 75.9 cm³/mol. The Hall–Kier alpha value is -1.53. The standard InChI is InChI=1S/C15H19F2N3O/c16-11-1-2-12(17)14(7-11)19-15(21)9-20-6-4-13-10(8-20)3-5-18-13/h1-2,7,10,13,18H,3-6,8-9H2,(H,19,21). The molecule has 1 amide bonds. The molecule has 1 aromatic carbocycles. The number of hydrogen-bond donors (Lipinski definition) is 2. The minimum absolute atomic E-state index is 0.0996. The molecule has 0 spiro atoms. The number of halogens is 2. The first-order chi connectivity index (χ1) is 10.1. The Bertz CT molecular complexity index is 538. The second-order valence-electron chi connectivity index (χ2n) is 5.81. The molecule has 2 aliphatic rings. The molecule has 4 nitrogen and oxygen atoms in total. The monoisotopic (exact) mass is 295 g/mol. The molecule has 1 aromatic rings. The van der Waals surface area contributed by atoms with Crippen molar-refractivity contribution in [2.24, 2.45) is 5.92 Å². The lowest BCUT2D eigenvalue weighted by atomic mass is 9.93. The summed E-state index contributed by atoms with van der Waals surface area (Å²) in [5.74, 6) is -0.894. The highest BCUT2D eigenvalue weighted by Gasteiger charge is 2.33. The number of hydrogen-bond acceptors (Lipinski definition) is 3. The number of benzene rings is 1. The largest absolute Gasteiger partial charge is 0.322 e. The lowest BCUT2D eigenvalue weighted by Crippen LogP contribution is -2.46. The molecule has 0 aliphatic carbocycles. The number of carbonyl (C=O) groups excluding carboxylic acids is 1. The Morgan fingerprint density at radius 1 is 1.38 bits per heavy atom. The first kappa shape index (κ1) is 14.4. The first-order valence-electron chi connectivity index (χ1n) is 7.32. The number of piperidine rings is 1. The third-order valence-corrected chi connectivity index (χ3v) is 4.31. The molecule has 3 rings (SSSR count). The zero-order valence-electron chi connectivity index (χ0n) is 11.7. The summed E-state index contributed by atoms with van der Waals surface area (Å²) in [6, 6.07) is 3.62. The van der Waals surface area contributed by atoms with E-state index in [1.807, 2.05) is 0 Å². The van der Waals surface area contributed by atoms with Crippen LogP contribution in [0.4, 0.5) is 14.5 Å². The molecule has 2 atom stereocenters. The fraction of sp³-hybridized carbons (Fsp3) is 0.533. The van der Waals surface area contributed by atoms with Crippen molar-refractivity contribution in [3.8, 4) is 0 Å². The predicted octanol–water partition coefficient (Wildman–Crippen LogP) is 1.59. The number of rotatable bonds is 3. The van der Waals surface area contributed by atoms with E-state index in [9.17, 15) is 13.6 Å². The topological polar surface area (TPSA) is 44.4 Å². The van der Waals surface area contributed by atoms with E-state index in [0.29, 0.717) is 12.0 Å². The highest BCUT2D eigenvalue weighted by atomic mass is 19.1. The van der Waals surface area contributed by atoms with Gasteiger partial charge in [0, 0.05) is 25.2 Å². The Balaban J connectivity index is 1.55. The average molecular weight is 295 g/mol. The summed E-state index contributed by atoms with van der Waals surface area (Å²) < 4.78 is 26.5. The van der Waals surface area contributed by atoms with Gasteiger partial charge < -0.3 is 10.6 Å². The number of nitrogens with zero attached hydrogens (tertiary/aromatic N) is 1. The van der Waals surface area contributed by atoms with Gasteiger partial charge in [0.25, 0.3) is 0 Å². The molecule has 114 valence electrons. The SMILES string of the molecule is O=C(CN1CCC2NCCC2C1)Nc1cc(F)ccc1F. The van der Waals surface area contributed by atoms with Gasteiger partial charge in [0.1, 0.15) is 11.6 Å². The highest BCUT2D eigenvalue weighted by molar-refractivity contribution is 5.92. The van der Waals surface area contributed by atoms with Crippen molar-refractivity contribution >= 4 is 11.6 Å². The summed E-state index contributed by atoms with van der Waals surface area (Å²) >= 11 is 0. The van der Waals surface area contributed by atoms with Gasteiger partial charge in [0.05, 0.1) is 12.2 Å². The molecule has 21 heavy (non-hydrogen) atoms. The third kappa shape index (κ3) is 3.39. The first-order valence-corrected chi connectivity index (χ1v) is 7.32. The molecule has 2 saturated heterocycles. The molecule has 0 aromatic heterocycles. The zero-order valence-corrected chi connectivity index (χ0v) is 11.7. The van der Waals surface area contributed by atoms with Gasteiger partial charge >= 0.3 is 0 Å². The van der Waals surface area contributed by atoms with E-state index >= 15 is 0 Å². The van der Waals surface area contributed by atoms with Gasteiger partial charge in [0.15, 0.2) is 0 Å². The van der Waals surface area contributed by atoms with E-state index in [1.54, 1.807) is 0 Å². The molecule has 2 unspecified atom stereocenters. The summed E-state index contributed by atoms with van der Waals surface area (Å²) in [7, 11) is 0. The summed E-state index contributed by atoms with van der Waals surface area (Å²) in [6.07, 6.45) is 2.17. The summed E-state index contributed by atoms with van der Waals surface area (Å²) in [5, 5.41) is 5.91. The van der Waals surface area contributed by atoms with Crippen LogP contribution in [-0.2, 0) is 4.79 Å². The van der Waals surface area contributed by atoms with Crippen LogP contribution in [0.1, 0.15) is 12.8 Å². The van der Waals surface area contributed by atoms with E-state index in [2.05, 4.69) is 15.5 Å². The van der Waals surface area contributed by atoms with Crippen LogP contribution in [-0.4, -0.2) is 43.0 Å². The van der Waals surface area contributed by atoms with Gasteiger partial charge in [-0.05, 0) is 37.4 Å². The fourth-order valence-electron chi connectivity index (χ4n) is 3.25. The highest BCUT2D eigenvalue weighted by Crippen LogP contribution is 2.24. The molecule has 2 heterocycles. The number of anilines is 1. The number of amides is 1. The molecule has 2 N–H and O–H groups in total. The maximum absolute atomic E-state index is 13.5. The van der Waals surface area contributed by atoms with E-state index in [-0.39, 0.29) is 18.1 Å². The van der Waals surface area contributed by atoms with Gasteiger partial charge in [-0.3, -0.25) is 9.69 Å². The van der Waals surface area contributed by atoms with Crippen LogP contribution in [0.2, 0.25) is 0 Å². The van der Waals surface area contributed by atoms with Crippen molar-refractivity contribution in [3.05, 3.63) is 29.8 Å². The molecular formula is C15H19F2N3O. The summed E-state index contributed by atoms with van der Waals surface area (Å²) in [6.45, 7) is 3.01. The minimum Gasteiger partial charge on any atom is -0.322 e. The van der Waals surface area contributed by atoms with Crippen molar-refractivity contribution in [2.75, 3.05) is 31.5 Å². The van der Waals surface area contributed by atoms with Gasteiger partial charge in [-0.2, -0.15) is 0 Å². The Morgan fingerprint density at radius 3 is 3.10 bits per heavy atom. The normalized spacial score (nSPS) is 25.6. The molecule has 0 saturated carbocycles. The molecule has 0 radical (unpaired) electrons. The lowest BCUT2D eigenvalue weighted by Gasteiger charge is -2.34. The summed E-state index contributed by atoms with van der Waals surface area (Å²) in [4.78, 5) is 14.1. The maximum atomic E-state index is 13.5. The number of nitrogens with one attached hydrogen (secondary N) is 2. The van der Waals surface area contributed by atoms with Crippen molar-refractivity contribution in [1.29, 1.82) is 0 Å². The van der Waals surface area contributed by atoms with Crippen LogP contribution in [0.15, 0.2) is 18.2 Å². The van der Waals surface area contributed by atoms with Gasteiger partial charge in [-0.15, -0.1) is 0 Å². The third-order valence-electron chi connectivity index (χ3n) is 4.31. The maximum Gasteiger partial charge on any atom is 0.238 e. The average Bonchev–Trinajstić information content (AvgIpc) is 2.90.